The number of aromatic nitrogens is 4. The monoisotopic (exact) mass is 843 g/mol. The Kier molecular flexibility index (Phi) is 14.3. The highest BCUT2D eigenvalue weighted by atomic mass is 32.1. The summed E-state index contributed by atoms with van der Waals surface area (Å²) in [6, 6.07) is 4.20. The van der Waals surface area contributed by atoms with Crippen molar-refractivity contribution in [3.63, 3.8) is 0 Å². The van der Waals surface area contributed by atoms with Gasteiger partial charge in [-0.15, -0.1) is 21.5 Å². The molecular weight excluding hydrogens is 790 g/mol. The predicted octanol–water partition coefficient (Wildman–Crippen LogP) is 3.37. The van der Waals surface area contributed by atoms with Gasteiger partial charge in [0.1, 0.15) is 24.6 Å². The van der Waals surface area contributed by atoms with Gasteiger partial charge in [0, 0.05) is 24.3 Å². The number of thiophene rings is 1. The van der Waals surface area contributed by atoms with Crippen molar-refractivity contribution < 1.29 is 52.4 Å². The lowest BCUT2D eigenvalue weighted by molar-refractivity contribution is -0.290. The zero-order valence-corrected chi connectivity index (χ0v) is 35.7. The normalized spacial score (nSPS) is 35.7. The lowest BCUT2D eigenvalue weighted by Gasteiger charge is -2.46. The maximum atomic E-state index is 16.7. The smallest absolute Gasteiger partial charge is 0.408 e. The van der Waals surface area contributed by atoms with E-state index in [0.717, 1.165) is 6.92 Å². The minimum Gasteiger partial charge on any atom is -0.455 e. The van der Waals surface area contributed by atoms with E-state index in [2.05, 4.69) is 32.6 Å². The van der Waals surface area contributed by atoms with Gasteiger partial charge in [0.2, 0.25) is 5.82 Å². The van der Waals surface area contributed by atoms with Crippen LogP contribution >= 0.6 is 11.3 Å². The van der Waals surface area contributed by atoms with Gasteiger partial charge in [0.25, 0.3) is 5.67 Å². The summed E-state index contributed by atoms with van der Waals surface area (Å²) in [6.07, 6.45) is -6.43. The number of esters is 1. The van der Waals surface area contributed by atoms with Gasteiger partial charge in [-0.3, -0.25) is 9.59 Å². The number of nitrogens with one attached hydrogen (secondary N) is 1. The molecular formula is C40H54FN7O10S. The fourth-order valence-electron chi connectivity index (χ4n) is 8.04. The van der Waals surface area contributed by atoms with E-state index in [-0.39, 0.29) is 37.8 Å². The fourth-order valence-corrected chi connectivity index (χ4v) is 8.84. The second-order valence-corrected chi connectivity index (χ2v) is 17.4. The Labute approximate surface area is 347 Å². The number of tetrazole rings is 1. The van der Waals surface area contributed by atoms with Crippen molar-refractivity contribution >= 4 is 35.0 Å². The zero-order valence-electron chi connectivity index (χ0n) is 34.9. The number of nitrogens with zero attached hydrogens (tertiary/aromatic N) is 6. The van der Waals surface area contributed by atoms with Crippen LogP contribution in [0.2, 0.25) is 0 Å². The van der Waals surface area contributed by atoms with Gasteiger partial charge >= 0.3 is 12.1 Å². The molecule has 1 amide bonds. The van der Waals surface area contributed by atoms with Crippen molar-refractivity contribution in [3.8, 4) is 28.6 Å². The number of alkyl halides is 1. The lowest BCUT2D eigenvalue weighted by Crippen LogP contribution is -2.60. The minimum absolute atomic E-state index is 0.0733. The number of carbonyl (C=O) groups excluding carboxylic acids is 4. The van der Waals surface area contributed by atoms with Crippen LogP contribution in [0.4, 0.5) is 9.18 Å². The number of hydrogen-bond acceptors (Lipinski definition) is 16. The van der Waals surface area contributed by atoms with Gasteiger partial charge < -0.3 is 39.0 Å². The molecule has 59 heavy (non-hydrogen) atoms. The highest BCUT2D eigenvalue weighted by Gasteiger charge is 2.58. The van der Waals surface area contributed by atoms with Gasteiger partial charge in [0.05, 0.1) is 52.6 Å². The average molecular weight is 844 g/mol. The summed E-state index contributed by atoms with van der Waals surface area (Å²) in [6.45, 7) is 10.7. The van der Waals surface area contributed by atoms with E-state index in [0.29, 0.717) is 28.5 Å². The molecule has 1 unspecified atom stereocenters. The Balaban J connectivity index is 1.51. The average Bonchev–Trinajstić information content (AvgIpc) is 3.93. The van der Waals surface area contributed by atoms with Crippen molar-refractivity contribution in [1.82, 2.24) is 30.4 Å². The van der Waals surface area contributed by atoms with E-state index in [9.17, 15) is 24.3 Å². The van der Waals surface area contributed by atoms with Crippen LogP contribution in [-0.4, -0.2) is 134 Å². The number of carbonyl (C=O) groups is 4. The second-order valence-electron chi connectivity index (χ2n) is 16.3. The Morgan fingerprint density at radius 1 is 1.17 bits per heavy atom. The highest BCUT2D eigenvalue weighted by Crippen LogP contribution is 2.40. The molecule has 0 radical (unpaired) electrons. The molecule has 3 fully saturated rings. The molecule has 3 aliphatic rings. The topological polar surface area (TPSA) is 217 Å². The van der Waals surface area contributed by atoms with Crippen molar-refractivity contribution in [2.75, 3.05) is 20.7 Å². The molecule has 17 nitrogen and oxygen atoms in total. The van der Waals surface area contributed by atoms with Gasteiger partial charge in [-0.2, -0.15) is 10.1 Å². The molecule has 2 aromatic heterocycles. The zero-order chi connectivity index (χ0) is 43.4. The first-order chi connectivity index (χ1) is 27.7. The predicted molar refractivity (Wildman–Crippen MR) is 209 cm³/mol. The Morgan fingerprint density at radius 3 is 2.58 bits per heavy atom. The van der Waals surface area contributed by atoms with Gasteiger partial charge in [-0.05, 0) is 78.4 Å². The molecule has 0 saturated carbocycles. The number of aliphatic hydroxyl groups is 1. The Hall–Kier alpha value is -4.37. The second kappa shape index (κ2) is 18.5. The molecule has 0 aromatic carbocycles. The van der Waals surface area contributed by atoms with Crippen molar-refractivity contribution in [2.24, 2.45) is 11.8 Å². The standard InChI is InChI=1S/C40H54FN7O10S/c1-10-29-40(7)33(43-37(53)58-40)24(4)31(50)22(2)21-38(5,54-18-11-13-25-14-15-27(59-25)34-44-46-48(45-34)17-12-16-42)30(20-28(49)39(6,41)36(52)57-29)56-35-32(51)26(47(8)9)19-23(3)55-35/h14-15,22-24,26,29-30,32-33,35,51H,10,12,17-21H2,1-9H3,(H,43,53)/t22-,23-,24-,26+,29+,30-,32-,33-,35?,38+,39+,40-/m1/s1. The summed E-state index contributed by atoms with van der Waals surface area (Å²) in [5, 5.41) is 35.3. The van der Waals surface area contributed by atoms with Gasteiger partial charge in [-0.25, -0.2) is 14.0 Å². The van der Waals surface area contributed by atoms with Crippen LogP contribution in [0.15, 0.2) is 12.1 Å². The van der Waals surface area contributed by atoms with Crippen LogP contribution in [0.25, 0.3) is 10.7 Å². The number of aryl methyl sites for hydroxylation is 1. The molecule has 0 spiro atoms. The van der Waals surface area contributed by atoms with Crippen LogP contribution in [-0.2, 0) is 44.6 Å². The fraction of sp³-hybridized carbons (Fsp3) is 0.700. The van der Waals surface area contributed by atoms with Crippen LogP contribution < -0.4 is 5.32 Å². The van der Waals surface area contributed by atoms with Crippen LogP contribution in [0, 0.1) is 35.0 Å². The maximum Gasteiger partial charge on any atom is 0.408 e. The quantitative estimate of drug-likeness (QED) is 0.210. The first-order valence-corrected chi connectivity index (χ1v) is 20.5. The van der Waals surface area contributed by atoms with E-state index in [1.165, 1.54) is 23.1 Å². The molecule has 0 aliphatic carbocycles. The number of likely N-dealkylation sites (N-methyl/N-ethyl adjacent to an activating group) is 1. The maximum absolute atomic E-state index is 16.7. The van der Waals surface area contributed by atoms with Gasteiger partial charge in [0.15, 0.2) is 17.7 Å². The first kappa shape index (κ1) is 45.7. The van der Waals surface area contributed by atoms with Gasteiger partial charge in [-0.1, -0.05) is 32.6 Å². The number of hydrogen-bond donors (Lipinski definition) is 2. The van der Waals surface area contributed by atoms with Crippen LogP contribution in [0.3, 0.4) is 0 Å². The largest absolute Gasteiger partial charge is 0.455 e. The highest BCUT2D eigenvalue weighted by molar-refractivity contribution is 7.15. The number of halogens is 1. The summed E-state index contributed by atoms with van der Waals surface area (Å²) in [7, 11) is 3.60. The molecule has 5 heterocycles. The third-order valence-electron chi connectivity index (χ3n) is 11.5. The summed E-state index contributed by atoms with van der Waals surface area (Å²) >= 11 is 1.30. The van der Waals surface area contributed by atoms with E-state index < -0.39 is 89.7 Å². The number of cyclic esters (lactones) is 1. The van der Waals surface area contributed by atoms with Crippen molar-refractivity contribution in [2.45, 2.75) is 147 Å². The Bertz CT molecular complexity index is 1970. The number of ketones is 2. The number of amides is 1. The molecule has 2 aromatic rings. The van der Waals surface area contributed by atoms with E-state index in [4.69, 9.17) is 28.9 Å². The number of Topliss-reactive ketones (excluding diaryl/α,β-unsaturated/α-hetero) is 2. The van der Waals surface area contributed by atoms with Crippen LogP contribution in [0.5, 0.6) is 0 Å². The Morgan fingerprint density at radius 2 is 1.90 bits per heavy atom. The molecule has 2 N–H and O–H groups in total. The third-order valence-corrected chi connectivity index (χ3v) is 12.5. The molecule has 322 valence electrons. The number of ether oxygens (including phenoxy) is 5. The number of nitriles is 1. The summed E-state index contributed by atoms with van der Waals surface area (Å²) in [5.74, 6) is 1.68. The molecule has 3 aliphatic heterocycles. The summed E-state index contributed by atoms with van der Waals surface area (Å²) < 4.78 is 47.0. The summed E-state index contributed by atoms with van der Waals surface area (Å²) in [4.78, 5) is 59.2. The van der Waals surface area contributed by atoms with E-state index in [1.807, 2.05) is 17.9 Å². The summed E-state index contributed by atoms with van der Waals surface area (Å²) in [5.41, 5.74) is -6.38. The molecule has 19 heteroatoms. The number of fused-ring (bicyclic) bond motifs is 1. The van der Waals surface area contributed by atoms with E-state index >= 15 is 4.39 Å². The molecule has 12 atom stereocenters. The SMILES string of the molecule is CC[C@@H]1OC(=O)[C@@](C)(F)C(=O)C[C@@H](OC2O[C@H](C)C[C@H](N(C)C)[C@H]2O)[C@@](C)(OCC#Cc2ccc(-c3nnn(CCC#N)n3)s2)C[C@@H](C)C(=O)[C@@H](C)[C@H]2NC(=O)O[C@]12C. The number of aliphatic hydroxyl groups excluding tert-OH is 1. The van der Waals surface area contributed by atoms with Crippen LogP contribution in [0.1, 0.15) is 85.4 Å². The molecule has 5 rings (SSSR count). The molecule has 3 saturated heterocycles. The third kappa shape index (κ3) is 9.99. The minimum atomic E-state index is -3.20. The first-order valence-electron chi connectivity index (χ1n) is 19.7. The lowest BCUT2D eigenvalue weighted by atomic mass is 9.75. The van der Waals surface area contributed by atoms with Crippen molar-refractivity contribution in [3.05, 3.63) is 17.0 Å². The number of rotatable bonds is 9. The number of alkyl carbamates (subject to hydrolysis) is 1. The molecule has 0 bridgehead atoms. The van der Waals surface area contributed by atoms with E-state index in [1.54, 1.807) is 53.9 Å². The van der Waals surface area contributed by atoms with Crippen molar-refractivity contribution in [1.29, 1.82) is 5.26 Å².